The molecule has 8 heteroatoms. The van der Waals surface area contributed by atoms with Crippen LogP contribution in [0.5, 0.6) is 0 Å². The predicted octanol–water partition coefficient (Wildman–Crippen LogP) is 3.58. The standard InChI is InChI=1S/C17H25F2N3O2S/c1-21(2)9-10-22(12-13-6-5-11-24-13)17(23)20-14-7-3-4-8-15(14)25-16(18)19/h3-4,7-8,13,16H,5-6,9-12H2,1-2H3,(H,20,23)/t13-/m0/s1. The third-order valence-electron chi connectivity index (χ3n) is 3.90. The number of carbonyl (C=O) groups is 1. The fraction of sp³-hybridized carbons (Fsp3) is 0.588. The lowest BCUT2D eigenvalue weighted by atomic mass is 10.2. The molecule has 2 amide bonds. The van der Waals surface area contributed by atoms with Crippen LogP contribution in [-0.4, -0.2) is 68.0 Å². The van der Waals surface area contributed by atoms with Crippen LogP contribution in [0.25, 0.3) is 0 Å². The molecule has 0 unspecified atom stereocenters. The molecule has 2 rings (SSSR count). The van der Waals surface area contributed by atoms with Crippen molar-refractivity contribution in [3.8, 4) is 0 Å². The Bertz CT molecular complexity index is 554. The zero-order chi connectivity index (χ0) is 18.2. The number of nitrogens with zero attached hydrogens (tertiary/aromatic N) is 2. The number of anilines is 1. The fourth-order valence-corrected chi connectivity index (χ4v) is 3.19. The number of benzene rings is 1. The van der Waals surface area contributed by atoms with E-state index in [4.69, 9.17) is 4.74 Å². The summed E-state index contributed by atoms with van der Waals surface area (Å²) in [6.07, 6.45) is 1.98. The quantitative estimate of drug-likeness (QED) is 0.708. The van der Waals surface area contributed by atoms with Gasteiger partial charge in [-0.2, -0.15) is 8.78 Å². The maximum absolute atomic E-state index is 12.7. The molecule has 25 heavy (non-hydrogen) atoms. The lowest BCUT2D eigenvalue weighted by Gasteiger charge is -2.27. The fourth-order valence-electron chi connectivity index (χ4n) is 2.59. The topological polar surface area (TPSA) is 44.8 Å². The zero-order valence-electron chi connectivity index (χ0n) is 14.6. The van der Waals surface area contributed by atoms with E-state index in [1.54, 1.807) is 29.2 Å². The van der Waals surface area contributed by atoms with Crippen molar-refractivity contribution in [3.05, 3.63) is 24.3 Å². The summed E-state index contributed by atoms with van der Waals surface area (Å²) in [5, 5.41) is 2.77. The third kappa shape index (κ3) is 6.80. The summed E-state index contributed by atoms with van der Waals surface area (Å²) in [5.74, 6) is -2.53. The van der Waals surface area contributed by atoms with Gasteiger partial charge in [-0.15, -0.1) is 0 Å². The number of rotatable bonds is 8. The van der Waals surface area contributed by atoms with Gasteiger partial charge in [0.15, 0.2) is 0 Å². The molecule has 1 fully saturated rings. The van der Waals surface area contributed by atoms with Crippen LogP contribution < -0.4 is 5.32 Å². The van der Waals surface area contributed by atoms with Gasteiger partial charge in [-0.3, -0.25) is 0 Å². The molecule has 0 saturated carbocycles. The first-order chi connectivity index (χ1) is 12.0. The van der Waals surface area contributed by atoms with E-state index in [0.717, 1.165) is 19.4 Å². The van der Waals surface area contributed by atoms with E-state index in [1.165, 1.54) is 0 Å². The molecule has 0 aliphatic carbocycles. The molecule has 0 aromatic heterocycles. The van der Waals surface area contributed by atoms with Crippen molar-refractivity contribution in [1.29, 1.82) is 0 Å². The Balaban J connectivity index is 2.04. The summed E-state index contributed by atoms with van der Waals surface area (Å²) < 4.78 is 31.0. The Morgan fingerprint density at radius 2 is 2.12 bits per heavy atom. The van der Waals surface area contributed by atoms with Gasteiger partial charge in [-0.05, 0) is 39.1 Å². The number of hydrogen-bond acceptors (Lipinski definition) is 4. The summed E-state index contributed by atoms with van der Waals surface area (Å²) >= 11 is 0.430. The Morgan fingerprint density at radius 1 is 1.36 bits per heavy atom. The van der Waals surface area contributed by atoms with Gasteiger partial charge in [0, 0.05) is 31.1 Å². The highest BCUT2D eigenvalue weighted by molar-refractivity contribution is 7.99. The highest BCUT2D eigenvalue weighted by atomic mass is 32.2. The Hall–Kier alpha value is -1.38. The Morgan fingerprint density at radius 3 is 2.76 bits per heavy atom. The maximum atomic E-state index is 12.7. The second kappa shape index (κ2) is 9.94. The molecule has 0 bridgehead atoms. The van der Waals surface area contributed by atoms with Crippen molar-refractivity contribution >= 4 is 23.5 Å². The minimum atomic E-state index is -2.53. The number of hydrogen-bond donors (Lipinski definition) is 1. The third-order valence-corrected chi connectivity index (χ3v) is 4.69. The number of urea groups is 1. The maximum Gasteiger partial charge on any atom is 0.322 e. The highest BCUT2D eigenvalue weighted by Crippen LogP contribution is 2.31. The minimum absolute atomic E-state index is 0.0404. The molecular formula is C17H25F2N3O2S. The van der Waals surface area contributed by atoms with Gasteiger partial charge in [0.1, 0.15) is 0 Å². The molecule has 0 spiro atoms. The average molecular weight is 373 g/mol. The van der Waals surface area contributed by atoms with Crippen LogP contribution in [0.15, 0.2) is 29.2 Å². The average Bonchev–Trinajstić information content (AvgIpc) is 3.05. The van der Waals surface area contributed by atoms with Crippen molar-refractivity contribution in [2.45, 2.75) is 29.6 Å². The van der Waals surface area contributed by atoms with E-state index >= 15 is 0 Å². The molecule has 0 radical (unpaired) electrons. The van der Waals surface area contributed by atoms with E-state index in [1.807, 2.05) is 19.0 Å². The second-order valence-electron chi connectivity index (χ2n) is 6.19. The van der Waals surface area contributed by atoms with Crippen LogP contribution in [0.1, 0.15) is 12.8 Å². The molecule has 1 heterocycles. The van der Waals surface area contributed by atoms with E-state index in [9.17, 15) is 13.6 Å². The minimum Gasteiger partial charge on any atom is -0.376 e. The molecular weight excluding hydrogens is 348 g/mol. The summed E-state index contributed by atoms with van der Waals surface area (Å²) in [7, 11) is 3.88. The van der Waals surface area contributed by atoms with E-state index < -0.39 is 5.76 Å². The number of likely N-dealkylation sites (N-methyl/N-ethyl adjacent to an activating group) is 1. The van der Waals surface area contributed by atoms with Crippen LogP contribution in [0, 0.1) is 0 Å². The van der Waals surface area contributed by atoms with E-state index in [0.29, 0.717) is 42.0 Å². The van der Waals surface area contributed by atoms with Crippen molar-refractivity contribution in [3.63, 3.8) is 0 Å². The number of nitrogens with one attached hydrogen (secondary N) is 1. The largest absolute Gasteiger partial charge is 0.376 e. The van der Waals surface area contributed by atoms with Gasteiger partial charge in [-0.1, -0.05) is 23.9 Å². The summed E-state index contributed by atoms with van der Waals surface area (Å²) in [5.41, 5.74) is 0.403. The SMILES string of the molecule is CN(C)CCN(C[C@@H]1CCCO1)C(=O)Nc1ccccc1SC(F)F. The van der Waals surface area contributed by atoms with Crippen molar-refractivity contribution in [1.82, 2.24) is 9.80 Å². The number of amides is 2. The number of carbonyl (C=O) groups excluding carboxylic acids is 1. The molecule has 1 aromatic carbocycles. The number of para-hydroxylation sites is 1. The number of halogens is 2. The molecule has 1 aromatic rings. The van der Waals surface area contributed by atoms with E-state index in [-0.39, 0.29) is 12.1 Å². The smallest absolute Gasteiger partial charge is 0.322 e. The summed E-state index contributed by atoms with van der Waals surface area (Å²) in [6.45, 7) is 2.49. The first-order valence-corrected chi connectivity index (χ1v) is 9.19. The molecule has 1 aliphatic heterocycles. The second-order valence-corrected chi connectivity index (χ2v) is 7.22. The molecule has 1 N–H and O–H groups in total. The Labute approximate surface area is 151 Å². The van der Waals surface area contributed by atoms with Gasteiger partial charge < -0.3 is 19.9 Å². The van der Waals surface area contributed by atoms with Gasteiger partial charge in [0.25, 0.3) is 5.76 Å². The number of alkyl halides is 2. The van der Waals surface area contributed by atoms with Gasteiger partial charge in [0.05, 0.1) is 11.8 Å². The van der Waals surface area contributed by atoms with Crippen molar-refractivity contribution < 1.29 is 18.3 Å². The molecule has 1 saturated heterocycles. The van der Waals surface area contributed by atoms with Gasteiger partial charge in [0.2, 0.25) is 0 Å². The molecule has 1 atom stereocenters. The zero-order valence-corrected chi connectivity index (χ0v) is 15.4. The lowest BCUT2D eigenvalue weighted by Crippen LogP contribution is -2.43. The summed E-state index contributed by atoms with van der Waals surface area (Å²) in [6, 6.07) is 6.32. The number of thioether (sulfide) groups is 1. The lowest BCUT2D eigenvalue weighted by molar-refractivity contribution is 0.0820. The van der Waals surface area contributed by atoms with Gasteiger partial charge >= 0.3 is 6.03 Å². The highest BCUT2D eigenvalue weighted by Gasteiger charge is 2.23. The first-order valence-electron chi connectivity index (χ1n) is 8.32. The first kappa shape index (κ1) is 19.9. The number of ether oxygens (including phenoxy) is 1. The van der Waals surface area contributed by atoms with Crippen LogP contribution in [0.4, 0.5) is 19.3 Å². The van der Waals surface area contributed by atoms with Crippen LogP contribution in [0.2, 0.25) is 0 Å². The predicted molar refractivity (Wildman–Crippen MR) is 96.4 cm³/mol. The normalized spacial score (nSPS) is 17.3. The monoisotopic (exact) mass is 373 g/mol. The van der Waals surface area contributed by atoms with Crippen molar-refractivity contribution in [2.75, 3.05) is 45.7 Å². The van der Waals surface area contributed by atoms with Crippen molar-refractivity contribution in [2.24, 2.45) is 0 Å². The Kier molecular flexibility index (Phi) is 7.92. The molecule has 5 nitrogen and oxygen atoms in total. The van der Waals surface area contributed by atoms with Crippen LogP contribution in [-0.2, 0) is 4.74 Å². The van der Waals surface area contributed by atoms with Crippen LogP contribution in [0.3, 0.4) is 0 Å². The molecule has 140 valence electrons. The van der Waals surface area contributed by atoms with Gasteiger partial charge in [-0.25, -0.2) is 4.79 Å². The molecule has 1 aliphatic rings. The van der Waals surface area contributed by atoms with Crippen LogP contribution >= 0.6 is 11.8 Å². The summed E-state index contributed by atoms with van der Waals surface area (Å²) in [4.78, 5) is 16.7. The van der Waals surface area contributed by atoms with E-state index in [2.05, 4.69) is 5.32 Å².